The van der Waals surface area contributed by atoms with Gasteiger partial charge in [-0.1, -0.05) is 35.0 Å². The van der Waals surface area contributed by atoms with Gasteiger partial charge in [0.1, 0.15) is 5.75 Å². The molecule has 1 unspecified atom stereocenters. The summed E-state index contributed by atoms with van der Waals surface area (Å²) >= 11 is 3.40. The first-order valence-corrected chi connectivity index (χ1v) is 11.9. The van der Waals surface area contributed by atoms with E-state index < -0.39 is 24.1 Å². The van der Waals surface area contributed by atoms with E-state index >= 15 is 0 Å². The minimum absolute atomic E-state index is 0.00862. The summed E-state index contributed by atoms with van der Waals surface area (Å²) in [6.45, 7) is 7.47. The van der Waals surface area contributed by atoms with Crippen LogP contribution in [-0.2, 0) is 11.3 Å². The van der Waals surface area contributed by atoms with E-state index in [9.17, 15) is 14.5 Å². The molecule has 0 radical (unpaired) electrons. The summed E-state index contributed by atoms with van der Waals surface area (Å²) in [4.78, 5) is 38.3. The van der Waals surface area contributed by atoms with Crippen molar-refractivity contribution in [2.24, 2.45) is 16.2 Å². The van der Waals surface area contributed by atoms with Crippen LogP contribution in [0.3, 0.4) is 0 Å². The maximum absolute atomic E-state index is 13.4. The molecule has 0 aliphatic carbocycles. The Morgan fingerprint density at radius 3 is 2.34 bits per heavy atom. The van der Waals surface area contributed by atoms with Gasteiger partial charge in [-0.15, -0.1) is 10.0 Å². The molecule has 2 N–H and O–H groups in total. The number of hydrogen-bond acceptors (Lipinski definition) is 7. The van der Waals surface area contributed by atoms with E-state index in [2.05, 4.69) is 31.5 Å². The molecule has 11 heteroatoms. The normalized spacial score (nSPS) is 12.4. The topological polar surface area (TPSA) is 128 Å². The van der Waals surface area contributed by atoms with E-state index in [4.69, 9.17) is 10.3 Å². The van der Waals surface area contributed by atoms with E-state index in [1.807, 2.05) is 57.2 Å². The maximum Gasteiger partial charge on any atom is 0.323 e. The Kier molecular flexibility index (Phi) is 10.3. The van der Waals surface area contributed by atoms with Gasteiger partial charge >= 0.3 is 6.03 Å². The number of nitroso groups, excluding NO2 is 1. The van der Waals surface area contributed by atoms with Gasteiger partial charge in [0.05, 0.1) is 18.6 Å². The smallest absolute Gasteiger partial charge is 0.323 e. The zero-order valence-electron chi connectivity index (χ0n) is 20.5. The molecule has 0 saturated heterocycles. The van der Waals surface area contributed by atoms with Crippen molar-refractivity contribution in [3.63, 3.8) is 0 Å². The average Bonchev–Trinajstić information content (AvgIpc) is 2.82. The Morgan fingerprint density at radius 1 is 1.14 bits per heavy atom. The summed E-state index contributed by atoms with van der Waals surface area (Å²) in [6, 6.07) is 12.4. The molecule has 188 valence electrons. The largest absolute Gasteiger partial charge is 0.491 e. The fourth-order valence-corrected chi connectivity index (χ4v) is 3.64. The molecule has 2 rings (SSSR count). The molecule has 0 aromatic heterocycles. The van der Waals surface area contributed by atoms with Gasteiger partial charge < -0.3 is 15.0 Å². The third-order valence-corrected chi connectivity index (χ3v) is 5.68. The van der Waals surface area contributed by atoms with Crippen molar-refractivity contribution >= 4 is 33.6 Å². The molecule has 3 amide bonds. The fraction of sp³-hybridized carbons (Fsp3) is 0.417. The molecular formula is C24H31BrN6O4. The summed E-state index contributed by atoms with van der Waals surface area (Å²) in [5.41, 5.74) is 10.2. The number of carbonyl (C=O) groups is 2. The standard InChI is InChI=1S/C24H31BrN6O4/c1-15(2)35-21-11-10-20(12-16(21)3)27-23(28-26)31(14-18-6-8-19(25)9-7-18)24(33)30(5)13-17(4)22(32)29-34/h6-12,15,17,23,26-27H,13-14H2,1-5H3/t17-,23?/m0/s1. The van der Waals surface area contributed by atoms with Gasteiger partial charge in [-0.2, -0.15) is 0 Å². The summed E-state index contributed by atoms with van der Waals surface area (Å²) in [7, 11) is 1.52. The van der Waals surface area contributed by atoms with Crippen molar-refractivity contribution in [3.8, 4) is 5.75 Å². The number of aryl methyl sites for hydroxylation is 1. The van der Waals surface area contributed by atoms with Gasteiger partial charge in [0.15, 0.2) is 0 Å². The highest BCUT2D eigenvalue weighted by molar-refractivity contribution is 9.10. The van der Waals surface area contributed by atoms with Gasteiger partial charge in [-0.25, -0.2) is 10.3 Å². The zero-order valence-corrected chi connectivity index (χ0v) is 22.1. The molecule has 0 aliphatic rings. The molecule has 2 atom stereocenters. The van der Waals surface area contributed by atoms with Crippen LogP contribution in [0.25, 0.3) is 0 Å². The lowest BCUT2D eigenvalue weighted by molar-refractivity contribution is -0.121. The molecular weight excluding hydrogens is 516 g/mol. The van der Waals surface area contributed by atoms with Crippen LogP contribution < -0.4 is 10.1 Å². The summed E-state index contributed by atoms with van der Waals surface area (Å²) < 4.78 is 6.67. The van der Waals surface area contributed by atoms with E-state index in [1.54, 1.807) is 6.07 Å². The minimum Gasteiger partial charge on any atom is -0.491 e. The first-order chi connectivity index (χ1) is 16.5. The number of amides is 3. The Morgan fingerprint density at radius 2 is 1.80 bits per heavy atom. The number of nitrogens with zero attached hydrogens (tertiary/aromatic N) is 4. The van der Waals surface area contributed by atoms with Crippen LogP contribution in [0.2, 0.25) is 0 Å². The Labute approximate surface area is 213 Å². The monoisotopic (exact) mass is 546 g/mol. The minimum atomic E-state index is -1.03. The first-order valence-electron chi connectivity index (χ1n) is 11.1. The molecule has 2 aromatic carbocycles. The fourth-order valence-electron chi connectivity index (χ4n) is 3.38. The molecule has 0 spiro atoms. The predicted molar refractivity (Wildman–Crippen MR) is 137 cm³/mol. The average molecular weight is 547 g/mol. The summed E-state index contributed by atoms with van der Waals surface area (Å²) in [5.74, 6) is -0.843. The predicted octanol–water partition coefficient (Wildman–Crippen LogP) is 5.75. The van der Waals surface area contributed by atoms with E-state index in [1.165, 1.54) is 23.8 Å². The lowest BCUT2D eigenvalue weighted by Crippen LogP contribution is -2.49. The number of halogens is 1. The van der Waals surface area contributed by atoms with Crippen LogP contribution in [0.5, 0.6) is 5.75 Å². The van der Waals surface area contributed by atoms with E-state index in [0.29, 0.717) is 5.69 Å². The SMILES string of the molecule is Cc1cc(NC(N=N)N(Cc2ccc(Br)cc2)C(=O)N(C)C[C@H](C)C(=O)N=O)ccc1OC(C)C. The number of benzene rings is 2. The van der Waals surface area contributed by atoms with Gasteiger partial charge in [-0.05, 0) is 62.2 Å². The molecule has 10 nitrogen and oxygen atoms in total. The van der Waals surface area contributed by atoms with Crippen molar-refractivity contribution in [2.45, 2.75) is 46.6 Å². The van der Waals surface area contributed by atoms with Gasteiger partial charge in [0.2, 0.25) is 6.29 Å². The van der Waals surface area contributed by atoms with Crippen LogP contribution in [0.4, 0.5) is 10.5 Å². The van der Waals surface area contributed by atoms with Crippen LogP contribution >= 0.6 is 15.9 Å². The van der Waals surface area contributed by atoms with Crippen molar-refractivity contribution in [3.05, 3.63) is 63.0 Å². The number of rotatable bonds is 11. The number of carbonyl (C=O) groups excluding carboxylic acids is 2. The van der Waals surface area contributed by atoms with Crippen LogP contribution in [0.1, 0.15) is 31.9 Å². The quantitative estimate of drug-likeness (QED) is 0.210. The molecule has 0 aliphatic heterocycles. The van der Waals surface area contributed by atoms with Crippen LogP contribution in [0.15, 0.2) is 57.2 Å². The second-order valence-corrected chi connectivity index (χ2v) is 9.46. The molecule has 0 saturated carbocycles. The second kappa shape index (κ2) is 12.9. The van der Waals surface area contributed by atoms with Crippen molar-refractivity contribution in [1.82, 2.24) is 9.80 Å². The third kappa shape index (κ3) is 8.13. The molecule has 0 fully saturated rings. The van der Waals surface area contributed by atoms with Crippen molar-refractivity contribution in [2.75, 3.05) is 18.9 Å². The molecule has 0 bridgehead atoms. The van der Waals surface area contributed by atoms with Crippen molar-refractivity contribution < 1.29 is 14.3 Å². The Bertz CT molecular complexity index is 1050. The van der Waals surface area contributed by atoms with Gasteiger partial charge in [-0.3, -0.25) is 9.69 Å². The molecule has 35 heavy (non-hydrogen) atoms. The Hall–Kier alpha value is -3.34. The van der Waals surface area contributed by atoms with E-state index in [0.717, 1.165) is 21.3 Å². The van der Waals surface area contributed by atoms with Gasteiger partial charge in [0, 0.05) is 28.9 Å². The summed E-state index contributed by atoms with van der Waals surface area (Å²) in [5, 5.41) is 9.25. The highest BCUT2D eigenvalue weighted by Crippen LogP contribution is 2.25. The van der Waals surface area contributed by atoms with E-state index in [-0.39, 0.29) is 19.2 Å². The number of ether oxygens (including phenoxy) is 1. The maximum atomic E-state index is 13.4. The first kappa shape index (κ1) is 27.9. The second-order valence-electron chi connectivity index (χ2n) is 8.54. The van der Waals surface area contributed by atoms with Crippen molar-refractivity contribution in [1.29, 1.82) is 5.53 Å². The highest BCUT2D eigenvalue weighted by Gasteiger charge is 2.28. The Balaban J connectivity index is 2.31. The number of urea groups is 1. The molecule has 0 heterocycles. The zero-order chi connectivity index (χ0) is 26.1. The number of anilines is 1. The number of nitrogens with one attached hydrogen (secondary N) is 2. The van der Waals surface area contributed by atoms with Crippen LogP contribution in [0, 0.1) is 23.3 Å². The molecule has 2 aromatic rings. The van der Waals surface area contributed by atoms with Gasteiger partial charge in [0.25, 0.3) is 5.91 Å². The van der Waals surface area contributed by atoms with Crippen LogP contribution in [-0.4, -0.2) is 47.7 Å². The lowest BCUT2D eigenvalue weighted by atomic mass is 10.1. The highest BCUT2D eigenvalue weighted by atomic mass is 79.9. The summed E-state index contributed by atoms with van der Waals surface area (Å²) in [6.07, 6.45) is -0.998. The third-order valence-electron chi connectivity index (χ3n) is 5.15. The number of hydrogen-bond donors (Lipinski definition) is 2. The lowest BCUT2D eigenvalue weighted by Gasteiger charge is -2.33.